The number of aryl methyl sites for hydroxylation is 1. The number of methoxy groups -OCH3 is 1. The average Bonchev–Trinajstić information content (AvgIpc) is 3.01. The van der Waals surface area contributed by atoms with Gasteiger partial charge in [0, 0.05) is 35.2 Å². The van der Waals surface area contributed by atoms with E-state index in [0.717, 1.165) is 51.4 Å². The number of rotatable bonds is 6. The fourth-order valence-electron chi connectivity index (χ4n) is 4.66. The summed E-state index contributed by atoms with van der Waals surface area (Å²) in [5, 5.41) is 18.9. The second kappa shape index (κ2) is 8.88. The van der Waals surface area contributed by atoms with Crippen molar-refractivity contribution in [2.45, 2.75) is 45.0 Å². The van der Waals surface area contributed by atoms with Gasteiger partial charge in [-0.15, -0.1) is 0 Å². The van der Waals surface area contributed by atoms with Crippen molar-refractivity contribution in [3.8, 4) is 17.0 Å². The quantitative estimate of drug-likeness (QED) is 0.506. The number of ether oxygens (including phenoxy) is 1. The van der Waals surface area contributed by atoms with Crippen LogP contribution in [0.15, 0.2) is 16.7 Å². The highest BCUT2D eigenvalue weighted by Crippen LogP contribution is 2.38. The van der Waals surface area contributed by atoms with E-state index in [-0.39, 0.29) is 25.0 Å². The Kier molecular flexibility index (Phi) is 5.90. The molecule has 11 heteroatoms. The number of aliphatic hydroxyl groups excluding tert-OH is 1. The van der Waals surface area contributed by atoms with Gasteiger partial charge in [0.25, 0.3) is 0 Å². The first-order valence-electron chi connectivity index (χ1n) is 11.2. The van der Waals surface area contributed by atoms with Crippen molar-refractivity contribution < 1.29 is 14.6 Å². The molecule has 1 atom stereocenters. The molecule has 1 amide bonds. The van der Waals surface area contributed by atoms with Gasteiger partial charge < -0.3 is 20.5 Å². The lowest BCUT2D eigenvalue weighted by Crippen LogP contribution is -2.53. The summed E-state index contributed by atoms with van der Waals surface area (Å²) < 4.78 is 9.93. The number of hydrogen-bond acceptors (Lipinski definition) is 9. The van der Waals surface area contributed by atoms with Crippen LogP contribution < -0.4 is 10.5 Å². The first-order chi connectivity index (χ1) is 16.4. The molecule has 0 radical (unpaired) electrons. The third kappa shape index (κ3) is 3.78. The Hall–Kier alpha value is -3.18. The predicted octanol–water partition coefficient (Wildman–Crippen LogP) is 1.45. The summed E-state index contributed by atoms with van der Waals surface area (Å²) in [6.07, 6.45) is 2.87. The summed E-state index contributed by atoms with van der Waals surface area (Å²) >= 11 is 1.34. The molecule has 3 aliphatic heterocycles. The Balaban J connectivity index is 1.53. The number of nitrogens with zero attached hydrogens (tertiary/aromatic N) is 6. The monoisotopic (exact) mass is 481 g/mol. The minimum atomic E-state index is -0.0795. The predicted molar refractivity (Wildman–Crippen MR) is 129 cm³/mol. The summed E-state index contributed by atoms with van der Waals surface area (Å²) in [6.45, 7) is 4.94. The first-order valence-corrected chi connectivity index (χ1v) is 12.1. The first kappa shape index (κ1) is 22.6. The van der Waals surface area contributed by atoms with E-state index in [2.05, 4.69) is 9.38 Å². The number of carbonyl (C=O) groups is 1. The largest absolute Gasteiger partial charge is 0.496 e. The molecular formula is C23H27N7O3S. The van der Waals surface area contributed by atoms with Gasteiger partial charge in [-0.2, -0.15) is 19.4 Å². The van der Waals surface area contributed by atoms with E-state index in [1.165, 1.54) is 11.9 Å². The number of amidine groups is 1. The normalized spacial score (nSPS) is 17.4. The van der Waals surface area contributed by atoms with Crippen LogP contribution in [-0.4, -0.2) is 68.0 Å². The van der Waals surface area contributed by atoms with Crippen molar-refractivity contribution in [2.75, 3.05) is 20.3 Å². The molecular weight excluding hydrogens is 454 g/mol. The second-order valence-electron chi connectivity index (χ2n) is 8.67. The molecule has 1 saturated heterocycles. The number of carbonyl (C=O) groups excluding carboxylic acids is 1. The van der Waals surface area contributed by atoms with Gasteiger partial charge in [-0.05, 0) is 49.4 Å². The van der Waals surface area contributed by atoms with E-state index >= 15 is 0 Å². The third-order valence-corrected chi connectivity index (χ3v) is 7.35. The van der Waals surface area contributed by atoms with Crippen molar-refractivity contribution in [1.82, 2.24) is 24.9 Å². The summed E-state index contributed by atoms with van der Waals surface area (Å²) in [6, 6.07) is 1.87. The van der Waals surface area contributed by atoms with Crippen LogP contribution in [0.2, 0.25) is 0 Å². The topological polar surface area (TPSA) is 132 Å². The van der Waals surface area contributed by atoms with E-state index in [1.807, 2.05) is 19.9 Å². The number of hydrogen-bond donors (Lipinski definition) is 2. The third-order valence-electron chi connectivity index (χ3n) is 6.60. The van der Waals surface area contributed by atoms with Crippen molar-refractivity contribution in [1.29, 1.82) is 0 Å². The van der Waals surface area contributed by atoms with Gasteiger partial charge in [-0.25, -0.2) is 0 Å². The fourth-order valence-corrected chi connectivity index (χ4v) is 5.41. The Bertz CT molecular complexity index is 1270. The molecule has 10 nitrogen and oxygen atoms in total. The van der Waals surface area contributed by atoms with Gasteiger partial charge in [0.05, 0.1) is 37.6 Å². The Morgan fingerprint density at radius 3 is 2.88 bits per heavy atom. The number of amides is 1. The van der Waals surface area contributed by atoms with Crippen LogP contribution in [0.5, 0.6) is 5.75 Å². The van der Waals surface area contributed by atoms with Crippen molar-refractivity contribution in [3.63, 3.8) is 0 Å². The number of nitrogens with two attached hydrogens (primary N) is 1. The molecule has 0 bridgehead atoms. The SMILES string of the molecule is COc1c(C)cnc(Cn2nc3cc(CC(=O)N4CC[C@H]4CO)c4c-3c(n2)C(N)=NSC4)c1C. The Morgan fingerprint density at radius 1 is 1.35 bits per heavy atom. The van der Waals surface area contributed by atoms with Crippen LogP contribution in [0.25, 0.3) is 11.3 Å². The van der Waals surface area contributed by atoms with Crippen molar-refractivity contribution in [2.24, 2.45) is 10.1 Å². The zero-order valence-corrected chi connectivity index (χ0v) is 20.2. The number of aromatic nitrogens is 4. The fraction of sp³-hybridized carbons (Fsp3) is 0.435. The molecule has 4 heterocycles. The van der Waals surface area contributed by atoms with E-state index in [4.69, 9.17) is 20.7 Å². The van der Waals surface area contributed by atoms with Crippen molar-refractivity contribution in [3.05, 3.63) is 45.9 Å². The van der Waals surface area contributed by atoms with Crippen LogP contribution in [0.3, 0.4) is 0 Å². The van der Waals surface area contributed by atoms with E-state index in [0.29, 0.717) is 30.4 Å². The van der Waals surface area contributed by atoms with Crippen LogP contribution in [0, 0.1) is 13.8 Å². The molecule has 0 aromatic carbocycles. The van der Waals surface area contributed by atoms with Crippen molar-refractivity contribution >= 4 is 23.7 Å². The average molecular weight is 482 g/mol. The summed E-state index contributed by atoms with van der Waals surface area (Å²) in [5.74, 6) is 1.73. The molecule has 0 spiro atoms. The summed E-state index contributed by atoms with van der Waals surface area (Å²) in [4.78, 5) is 20.8. The van der Waals surface area contributed by atoms with E-state index in [1.54, 1.807) is 23.0 Å². The number of likely N-dealkylation sites (tertiary alicyclic amines) is 1. The lowest BCUT2D eigenvalue weighted by molar-refractivity contribution is -0.139. The molecule has 5 rings (SSSR count). The smallest absolute Gasteiger partial charge is 0.227 e. The maximum absolute atomic E-state index is 12.9. The van der Waals surface area contributed by atoms with Gasteiger partial charge in [0.1, 0.15) is 18.0 Å². The second-order valence-corrected chi connectivity index (χ2v) is 9.40. The van der Waals surface area contributed by atoms with Crippen LogP contribution >= 0.6 is 11.9 Å². The number of aliphatic hydroxyl groups is 1. The van der Waals surface area contributed by atoms with Gasteiger partial charge >= 0.3 is 0 Å². The van der Waals surface area contributed by atoms with Gasteiger partial charge in [0.15, 0.2) is 5.84 Å². The maximum Gasteiger partial charge on any atom is 0.227 e. The molecule has 1 aromatic rings. The Morgan fingerprint density at radius 2 is 2.18 bits per heavy atom. The van der Waals surface area contributed by atoms with Crippen LogP contribution in [0.4, 0.5) is 0 Å². The molecule has 4 aliphatic rings. The van der Waals surface area contributed by atoms with Gasteiger partial charge in [0.2, 0.25) is 5.91 Å². The maximum atomic E-state index is 12.9. The molecule has 1 fully saturated rings. The molecule has 34 heavy (non-hydrogen) atoms. The van der Waals surface area contributed by atoms with Gasteiger partial charge in [-0.3, -0.25) is 9.78 Å². The molecule has 0 saturated carbocycles. The number of pyridine rings is 1. The van der Waals surface area contributed by atoms with Crippen LogP contribution in [-0.2, 0) is 23.5 Å². The highest BCUT2D eigenvalue weighted by atomic mass is 32.2. The summed E-state index contributed by atoms with van der Waals surface area (Å²) in [7, 11) is 1.65. The zero-order valence-electron chi connectivity index (χ0n) is 19.4. The van der Waals surface area contributed by atoms with E-state index < -0.39 is 0 Å². The minimum absolute atomic E-state index is 0.00528. The zero-order chi connectivity index (χ0) is 24.0. The molecule has 1 aromatic heterocycles. The summed E-state index contributed by atoms with van der Waals surface area (Å²) in [5.41, 5.74) is 13.0. The molecule has 178 valence electrons. The molecule has 3 N–H and O–H groups in total. The van der Waals surface area contributed by atoms with Gasteiger partial charge in [-0.1, -0.05) is 0 Å². The highest BCUT2D eigenvalue weighted by molar-refractivity contribution is 7.97. The van der Waals surface area contributed by atoms with E-state index in [9.17, 15) is 9.90 Å². The lowest BCUT2D eigenvalue weighted by atomic mass is 10.0. The Labute approximate surface area is 201 Å². The standard InChI is InChI=1S/C23H27N7O3S/c1-12-8-25-18(13(2)22(12)33-3)9-30-26-17-6-14(7-19(32)29-5-4-15(29)10-31)16-11-34-28-23(24)21(27-30)20(16)17/h6,8,15,31H,4-5,7,9-11H2,1-3H3,(H2,24,28)/t15-/m0/s1. The highest BCUT2D eigenvalue weighted by Gasteiger charge is 2.33. The molecule has 1 aliphatic carbocycles. The van der Waals surface area contributed by atoms with Crippen LogP contribution in [0.1, 0.15) is 40.1 Å². The minimum Gasteiger partial charge on any atom is -0.496 e. The molecule has 0 unspecified atom stereocenters. The lowest BCUT2D eigenvalue weighted by Gasteiger charge is -2.40.